The lowest BCUT2D eigenvalue weighted by molar-refractivity contribution is -0.139. The maximum Gasteiger partial charge on any atom is 0.244 e. The molecule has 8 heteroatoms. The zero-order valence-corrected chi connectivity index (χ0v) is 22.9. The van der Waals surface area contributed by atoms with Crippen molar-refractivity contribution in [3.8, 4) is 0 Å². The Balaban J connectivity index is 2.07. The molecule has 0 aliphatic heterocycles. The lowest BCUT2D eigenvalue weighted by Gasteiger charge is -2.34. The minimum Gasteiger partial charge on any atom is -0.357 e. The van der Waals surface area contributed by atoms with Crippen molar-refractivity contribution >= 4 is 27.5 Å². The quantitative estimate of drug-likeness (QED) is 0.440. The van der Waals surface area contributed by atoms with E-state index >= 15 is 0 Å². The molecule has 3 aromatic carbocycles. The summed E-state index contributed by atoms with van der Waals surface area (Å²) in [5.41, 5.74) is 4.90. The van der Waals surface area contributed by atoms with E-state index in [2.05, 4.69) is 5.32 Å². The third-order valence-corrected chi connectivity index (χ3v) is 7.77. The predicted molar refractivity (Wildman–Crippen MR) is 148 cm³/mol. The summed E-state index contributed by atoms with van der Waals surface area (Å²) >= 11 is 0. The number of carbonyl (C=O) groups excluding carboxylic acids is 2. The molecule has 0 bridgehead atoms. The van der Waals surface area contributed by atoms with Gasteiger partial charge in [-0.1, -0.05) is 66.7 Å². The topological polar surface area (TPSA) is 86.8 Å². The normalized spacial score (nSPS) is 12.0. The average Bonchev–Trinajstić information content (AvgIpc) is 2.87. The first-order valence-electron chi connectivity index (χ1n) is 12.2. The standard InChI is InChI=1S/C29H35N3O4S/c1-21-13-11-17-26(23(21)3)32(37(5,35)36)20-28(33)31(19-25-16-10-9-12-22(25)2)27(29(34)30-4)18-24-14-7-6-8-15-24/h6-17,27H,18-20H2,1-5H3,(H,30,34)/t27-/m1/s1. The summed E-state index contributed by atoms with van der Waals surface area (Å²) in [4.78, 5) is 28.6. The molecule has 0 saturated carbocycles. The molecule has 3 rings (SSSR count). The molecule has 0 radical (unpaired) electrons. The Hall–Kier alpha value is -3.65. The summed E-state index contributed by atoms with van der Waals surface area (Å²) < 4.78 is 26.9. The highest BCUT2D eigenvalue weighted by Crippen LogP contribution is 2.26. The van der Waals surface area contributed by atoms with E-state index < -0.39 is 28.5 Å². The molecule has 1 N–H and O–H groups in total. The number of rotatable bonds is 10. The first kappa shape index (κ1) is 27.9. The molecular formula is C29H35N3O4S. The van der Waals surface area contributed by atoms with E-state index in [-0.39, 0.29) is 12.5 Å². The lowest BCUT2D eigenvalue weighted by atomic mass is 10.0. The molecule has 7 nitrogen and oxygen atoms in total. The van der Waals surface area contributed by atoms with E-state index in [1.54, 1.807) is 12.1 Å². The second kappa shape index (κ2) is 12.1. The summed E-state index contributed by atoms with van der Waals surface area (Å²) in [7, 11) is -2.25. The molecule has 0 fully saturated rings. The minimum atomic E-state index is -3.79. The Morgan fingerprint density at radius 2 is 1.49 bits per heavy atom. The van der Waals surface area contributed by atoms with E-state index in [9.17, 15) is 18.0 Å². The van der Waals surface area contributed by atoms with Crippen molar-refractivity contribution in [1.82, 2.24) is 10.2 Å². The third kappa shape index (κ3) is 6.98. The molecule has 37 heavy (non-hydrogen) atoms. The van der Waals surface area contributed by atoms with Crippen LogP contribution in [-0.2, 0) is 32.6 Å². The van der Waals surface area contributed by atoms with Gasteiger partial charge in [0.1, 0.15) is 12.6 Å². The van der Waals surface area contributed by atoms with E-state index in [1.807, 2.05) is 81.4 Å². The zero-order valence-electron chi connectivity index (χ0n) is 22.1. The first-order chi connectivity index (χ1) is 17.5. The summed E-state index contributed by atoms with van der Waals surface area (Å²) in [6.07, 6.45) is 1.38. The molecule has 0 aromatic heterocycles. The van der Waals surface area contributed by atoms with Crippen LogP contribution < -0.4 is 9.62 Å². The molecule has 0 aliphatic carbocycles. The van der Waals surface area contributed by atoms with Crippen molar-refractivity contribution in [2.45, 2.75) is 39.8 Å². The number of aryl methyl sites for hydroxylation is 2. The van der Waals surface area contributed by atoms with Crippen LogP contribution in [0.5, 0.6) is 0 Å². The predicted octanol–water partition coefficient (Wildman–Crippen LogP) is 3.76. The van der Waals surface area contributed by atoms with Crippen molar-refractivity contribution in [3.05, 3.63) is 101 Å². The van der Waals surface area contributed by atoms with Crippen LogP contribution in [0.3, 0.4) is 0 Å². The highest BCUT2D eigenvalue weighted by atomic mass is 32.2. The summed E-state index contributed by atoms with van der Waals surface area (Å²) in [6.45, 7) is 5.43. The second-order valence-corrected chi connectivity index (χ2v) is 11.2. The number of benzene rings is 3. The molecule has 3 aromatic rings. The highest BCUT2D eigenvalue weighted by molar-refractivity contribution is 7.92. The number of sulfonamides is 1. The third-order valence-electron chi connectivity index (χ3n) is 6.64. The van der Waals surface area contributed by atoms with Crippen molar-refractivity contribution in [3.63, 3.8) is 0 Å². The van der Waals surface area contributed by atoms with Gasteiger partial charge >= 0.3 is 0 Å². The molecule has 0 saturated heterocycles. The number of likely N-dealkylation sites (N-methyl/N-ethyl adjacent to an activating group) is 1. The Kier molecular flexibility index (Phi) is 9.10. The van der Waals surface area contributed by atoms with E-state index in [0.717, 1.165) is 38.4 Å². The van der Waals surface area contributed by atoms with Crippen molar-refractivity contribution in [2.75, 3.05) is 24.2 Å². The Bertz CT molecular complexity index is 1360. The van der Waals surface area contributed by atoms with Gasteiger partial charge in [0.25, 0.3) is 0 Å². The fraction of sp³-hybridized carbons (Fsp3) is 0.310. The molecule has 2 amide bonds. The fourth-order valence-corrected chi connectivity index (χ4v) is 5.19. The van der Waals surface area contributed by atoms with Gasteiger partial charge < -0.3 is 10.2 Å². The van der Waals surface area contributed by atoms with E-state index in [0.29, 0.717) is 12.1 Å². The van der Waals surface area contributed by atoms with Crippen LogP contribution in [0.1, 0.15) is 27.8 Å². The van der Waals surface area contributed by atoms with Crippen LogP contribution in [0.15, 0.2) is 72.8 Å². The van der Waals surface area contributed by atoms with Crippen molar-refractivity contribution < 1.29 is 18.0 Å². The number of nitrogens with zero attached hydrogens (tertiary/aromatic N) is 2. The SMILES string of the molecule is CNC(=O)[C@@H](Cc1ccccc1)N(Cc1ccccc1C)C(=O)CN(c1cccc(C)c1C)S(C)(=O)=O. The summed E-state index contributed by atoms with van der Waals surface area (Å²) in [6, 6.07) is 21.7. The number of anilines is 1. The molecule has 0 unspecified atom stereocenters. The Labute approximate surface area is 220 Å². The van der Waals surface area contributed by atoms with E-state index in [1.165, 1.54) is 11.9 Å². The van der Waals surface area contributed by atoms with Crippen LogP contribution in [0.2, 0.25) is 0 Å². The lowest BCUT2D eigenvalue weighted by Crippen LogP contribution is -2.53. The fourth-order valence-electron chi connectivity index (χ4n) is 4.29. The van der Waals surface area contributed by atoms with Crippen molar-refractivity contribution in [1.29, 1.82) is 0 Å². The second-order valence-electron chi connectivity index (χ2n) is 9.26. The zero-order chi connectivity index (χ0) is 27.2. The number of hydrogen-bond donors (Lipinski definition) is 1. The Morgan fingerprint density at radius 1 is 0.865 bits per heavy atom. The number of hydrogen-bond acceptors (Lipinski definition) is 4. The van der Waals surface area contributed by atoms with Crippen molar-refractivity contribution in [2.24, 2.45) is 0 Å². The Morgan fingerprint density at radius 3 is 2.11 bits per heavy atom. The van der Waals surface area contributed by atoms with Gasteiger partial charge in [-0.2, -0.15) is 0 Å². The highest BCUT2D eigenvalue weighted by Gasteiger charge is 2.33. The van der Waals surface area contributed by atoms with Gasteiger partial charge in [0.05, 0.1) is 11.9 Å². The van der Waals surface area contributed by atoms with Gasteiger partial charge in [0.15, 0.2) is 0 Å². The number of carbonyl (C=O) groups is 2. The monoisotopic (exact) mass is 521 g/mol. The average molecular weight is 522 g/mol. The van der Waals surface area contributed by atoms with E-state index in [4.69, 9.17) is 0 Å². The smallest absolute Gasteiger partial charge is 0.244 e. The summed E-state index contributed by atoms with van der Waals surface area (Å²) in [5, 5.41) is 2.69. The van der Waals surface area contributed by atoms with Gasteiger partial charge in [-0.25, -0.2) is 8.42 Å². The maximum absolute atomic E-state index is 14.0. The van der Waals surface area contributed by atoms with Gasteiger partial charge in [0.2, 0.25) is 21.8 Å². The molecule has 196 valence electrons. The van der Waals surface area contributed by atoms with Crippen LogP contribution in [0, 0.1) is 20.8 Å². The van der Waals surface area contributed by atoms with Gasteiger partial charge in [0, 0.05) is 20.0 Å². The van der Waals surface area contributed by atoms with Crippen LogP contribution in [0.25, 0.3) is 0 Å². The summed E-state index contributed by atoms with van der Waals surface area (Å²) in [5.74, 6) is -0.775. The minimum absolute atomic E-state index is 0.167. The molecular weight excluding hydrogens is 486 g/mol. The van der Waals surface area contributed by atoms with Crippen LogP contribution >= 0.6 is 0 Å². The largest absolute Gasteiger partial charge is 0.357 e. The molecule has 0 spiro atoms. The first-order valence-corrected chi connectivity index (χ1v) is 14.0. The molecule has 1 atom stereocenters. The maximum atomic E-state index is 14.0. The number of nitrogens with one attached hydrogen (secondary N) is 1. The molecule has 0 aliphatic rings. The van der Waals surface area contributed by atoms with Gasteiger partial charge in [-0.05, 0) is 54.7 Å². The van der Waals surface area contributed by atoms with Gasteiger partial charge in [-0.15, -0.1) is 0 Å². The van der Waals surface area contributed by atoms with Crippen LogP contribution in [0.4, 0.5) is 5.69 Å². The van der Waals surface area contributed by atoms with Gasteiger partial charge in [-0.3, -0.25) is 13.9 Å². The molecule has 0 heterocycles. The van der Waals surface area contributed by atoms with Crippen LogP contribution in [-0.4, -0.2) is 51.0 Å². The number of amides is 2.